The number of fused-ring (bicyclic) bond motifs is 1. The second-order valence-electron chi connectivity index (χ2n) is 9.84. The number of H-pyrrole nitrogens is 1. The molecule has 34 heavy (non-hydrogen) atoms. The molecule has 1 aliphatic rings. The van der Waals surface area contributed by atoms with Gasteiger partial charge in [-0.1, -0.05) is 32.9 Å². The predicted octanol–water partition coefficient (Wildman–Crippen LogP) is 2.53. The zero-order chi connectivity index (χ0) is 24.6. The molecule has 4 rings (SSSR count). The summed E-state index contributed by atoms with van der Waals surface area (Å²) in [6.07, 6.45) is 1.17. The Morgan fingerprint density at radius 1 is 1.24 bits per heavy atom. The van der Waals surface area contributed by atoms with E-state index < -0.39 is 17.4 Å². The van der Waals surface area contributed by atoms with Gasteiger partial charge in [-0.2, -0.15) is 4.98 Å². The molecule has 0 saturated carbocycles. The van der Waals surface area contributed by atoms with Crippen LogP contribution in [0.2, 0.25) is 0 Å². The van der Waals surface area contributed by atoms with Gasteiger partial charge in [-0.05, 0) is 48.8 Å². The maximum atomic E-state index is 12.8. The number of nitrogens with one attached hydrogen (secondary N) is 1. The number of anilines is 1. The number of aromatic amines is 1. The Labute approximate surface area is 199 Å². The highest BCUT2D eigenvalue weighted by molar-refractivity contribution is 5.74. The molecular weight excluding hydrogens is 434 g/mol. The Morgan fingerprint density at radius 3 is 2.62 bits per heavy atom. The van der Waals surface area contributed by atoms with Crippen molar-refractivity contribution in [2.75, 3.05) is 24.6 Å². The van der Waals surface area contributed by atoms with Gasteiger partial charge in [0.25, 0.3) is 5.56 Å². The van der Waals surface area contributed by atoms with Gasteiger partial charge in [0.15, 0.2) is 11.2 Å². The molecule has 9 nitrogen and oxygen atoms in total. The highest BCUT2D eigenvalue weighted by Crippen LogP contribution is 2.28. The SMILES string of the molecule is Cc1ccc(C(C)C)c(OC[C@H](O)Cn2c(N3CCC(C)CC3)nc3c2c(=O)[nH]c(=O)n3C)c1. The lowest BCUT2D eigenvalue weighted by molar-refractivity contribution is 0.0929. The van der Waals surface area contributed by atoms with E-state index >= 15 is 0 Å². The van der Waals surface area contributed by atoms with E-state index in [0.29, 0.717) is 23.4 Å². The topological polar surface area (TPSA) is 105 Å². The maximum Gasteiger partial charge on any atom is 0.329 e. The molecule has 1 saturated heterocycles. The fraction of sp³-hybridized carbons (Fsp3) is 0.560. The van der Waals surface area contributed by atoms with Crippen molar-refractivity contribution in [1.82, 2.24) is 19.1 Å². The standard InChI is InChI=1S/C25H35N5O4/c1-15(2)19-7-6-17(4)12-20(19)34-14-18(31)13-30-21-22(28(5)25(33)27-23(21)32)26-24(30)29-10-8-16(3)9-11-29/h6-7,12,15-16,18,31H,8-11,13-14H2,1-5H3,(H,27,32,33)/t18-/m1/s1. The number of aromatic nitrogens is 4. The van der Waals surface area contributed by atoms with Gasteiger partial charge >= 0.3 is 5.69 Å². The number of piperidine rings is 1. The molecule has 2 aromatic heterocycles. The van der Waals surface area contributed by atoms with Crippen molar-refractivity contribution < 1.29 is 9.84 Å². The van der Waals surface area contributed by atoms with Gasteiger partial charge in [0.05, 0.1) is 6.54 Å². The van der Waals surface area contributed by atoms with Crippen LogP contribution < -0.4 is 20.9 Å². The second kappa shape index (κ2) is 9.66. The van der Waals surface area contributed by atoms with Gasteiger partial charge in [0.2, 0.25) is 5.95 Å². The van der Waals surface area contributed by atoms with Crippen LogP contribution in [-0.4, -0.2) is 50.0 Å². The van der Waals surface area contributed by atoms with Gasteiger partial charge in [0, 0.05) is 20.1 Å². The lowest BCUT2D eigenvalue weighted by atomic mass is 10.00. The number of rotatable bonds is 7. The number of aryl methyl sites for hydroxylation is 2. The number of hydrogen-bond acceptors (Lipinski definition) is 6. The molecule has 184 valence electrons. The molecular formula is C25H35N5O4. The molecule has 0 aliphatic carbocycles. The first kappa shape index (κ1) is 24.1. The number of aliphatic hydroxyl groups is 1. The summed E-state index contributed by atoms with van der Waals surface area (Å²) in [5.41, 5.74) is 1.76. The molecule has 0 amide bonds. The highest BCUT2D eigenvalue weighted by Gasteiger charge is 2.26. The number of nitrogens with zero attached hydrogens (tertiary/aromatic N) is 4. The van der Waals surface area contributed by atoms with Gasteiger partial charge in [-0.3, -0.25) is 14.3 Å². The van der Waals surface area contributed by atoms with Crippen LogP contribution in [0, 0.1) is 12.8 Å². The molecule has 2 N–H and O–H groups in total. The Balaban J connectivity index is 1.65. The molecule has 0 bridgehead atoms. The monoisotopic (exact) mass is 469 g/mol. The minimum absolute atomic E-state index is 0.0724. The summed E-state index contributed by atoms with van der Waals surface area (Å²) in [4.78, 5) is 34.1. The normalized spacial score (nSPS) is 15.9. The first-order chi connectivity index (χ1) is 16.2. The van der Waals surface area contributed by atoms with Crippen LogP contribution in [0.25, 0.3) is 11.2 Å². The number of benzene rings is 1. The van der Waals surface area contributed by atoms with Gasteiger partial charge < -0.3 is 19.3 Å². The van der Waals surface area contributed by atoms with Crippen LogP contribution >= 0.6 is 0 Å². The smallest absolute Gasteiger partial charge is 0.329 e. The molecule has 0 unspecified atom stereocenters. The first-order valence-electron chi connectivity index (χ1n) is 12.0. The largest absolute Gasteiger partial charge is 0.491 e. The van der Waals surface area contributed by atoms with Crippen molar-refractivity contribution in [1.29, 1.82) is 0 Å². The van der Waals surface area contributed by atoms with Crippen molar-refractivity contribution in [2.45, 2.75) is 59.1 Å². The molecule has 1 aliphatic heterocycles. The zero-order valence-electron chi connectivity index (χ0n) is 20.7. The Hall–Kier alpha value is -3.07. The highest BCUT2D eigenvalue weighted by atomic mass is 16.5. The van der Waals surface area contributed by atoms with Crippen molar-refractivity contribution in [2.24, 2.45) is 13.0 Å². The molecule has 1 fully saturated rings. The molecule has 9 heteroatoms. The van der Waals surface area contributed by atoms with Crippen LogP contribution in [0.15, 0.2) is 27.8 Å². The summed E-state index contributed by atoms with van der Waals surface area (Å²) in [5.74, 6) is 2.28. The molecule has 1 aromatic carbocycles. The fourth-order valence-electron chi connectivity index (χ4n) is 4.54. The summed E-state index contributed by atoms with van der Waals surface area (Å²) >= 11 is 0. The summed E-state index contributed by atoms with van der Waals surface area (Å²) in [6.45, 7) is 10.3. The summed E-state index contributed by atoms with van der Waals surface area (Å²) < 4.78 is 9.11. The number of imidazole rings is 1. The first-order valence-corrected chi connectivity index (χ1v) is 12.0. The summed E-state index contributed by atoms with van der Waals surface area (Å²) in [6, 6.07) is 6.09. The third-order valence-corrected chi connectivity index (χ3v) is 6.67. The summed E-state index contributed by atoms with van der Waals surface area (Å²) in [5, 5.41) is 10.9. The van der Waals surface area contributed by atoms with E-state index in [4.69, 9.17) is 4.74 Å². The Bertz CT molecular complexity index is 1280. The third kappa shape index (κ3) is 4.75. The summed E-state index contributed by atoms with van der Waals surface area (Å²) in [7, 11) is 1.59. The lowest BCUT2D eigenvalue weighted by Crippen LogP contribution is -2.36. The molecule has 3 heterocycles. The van der Waals surface area contributed by atoms with E-state index in [9.17, 15) is 14.7 Å². The van der Waals surface area contributed by atoms with Crippen molar-refractivity contribution in [3.63, 3.8) is 0 Å². The minimum Gasteiger partial charge on any atom is -0.491 e. The lowest BCUT2D eigenvalue weighted by Gasteiger charge is -2.31. The molecule has 0 radical (unpaired) electrons. The van der Waals surface area contributed by atoms with Gasteiger partial charge in [-0.25, -0.2) is 4.79 Å². The maximum absolute atomic E-state index is 12.8. The third-order valence-electron chi connectivity index (χ3n) is 6.67. The van der Waals surface area contributed by atoms with E-state index in [0.717, 1.165) is 42.8 Å². The second-order valence-corrected chi connectivity index (χ2v) is 9.84. The molecule has 1 atom stereocenters. The van der Waals surface area contributed by atoms with Crippen molar-refractivity contribution in [3.05, 3.63) is 50.2 Å². The predicted molar refractivity (Wildman–Crippen MR) is 133 cm³/mol. The Morgan fingerprint density at radius 2 is 1.94 bits per heavy atom. The van der Waals surface area contributed by atoms with Gasteiger partial charge in [-0.15, -0.1) is 0 Å². The van der Waals surface area contributed by atoms with Gasteiger partial charge in [0.1, 0.15) is 18.5 Å². The van der Waals surface area contributed by atoms with Crippen molar-refractivity contribution in [3.8, 4) is 5.75 Å². The van der Waals surface area contributed by atoms with E-state index in [-0.39, 0.29) is 18.7 Å². The van der Waals surface area contributed by atoms with Crippen LogP contribution in [0.5, 0.6) is 5.75 Å². The Kier molecular flexibility index (Phi) is 6.84. The van der Waals surface area contributed by atoms with Crippen LogP contribution in [0.3, 0.4) is 0 Å². The molecule has 3 aromatic rings. The number of aliphatic hydroxyl groups excluding tert-OH is 1. The van der Waals surface area contributed by atoms with Crippen molar-refractivity contribution >= 4 is 17.1 Å². The fourth-order valence-corrected chi connectivity index (χ4v) is 4.54. The molecule has 0 spiro atoms. The van der Waals surface area contributed by atoms with E-state index in [1.165, 1.54) is 4.57 Å². The minimum atomic E-state index is -0.878. The van der Waals surface area contributed by atoms with E-state index in [2.05, 4.69) is 47.8 Å². The zero-order valence-corrected chi connectivity index (χ0v) is 20.7. The average Bonchev–Trinajstić information content (AvgIpc) is 3.16. The van der Waals surface area contributed by atoms with Crippen LogP contribution in [0.4, 0.5) is 5.95 Å². The quantitative estimate of drug-likeness (QED) is 0.551. The average molecular weight is 470 g/mol. The van der Waals surface area contributed by atoms with Crippen LogP contribution in [-0.2, 0) is 13.6 Å². The number of hydrogen-bond donors (Lipinski definition) is 2. The van der Waals surface area contributed by atoms with E-state index in [1.54, 1.807) is 11.6 Å². The van der Waals surface area contributed by atoms with E-state index in [1.807, 2.05) is 13.0 Å². The number of ether oxygens (including phenoxy) is 1. The van der Waals surface area contributed by atoms with Crippen LogP contribution in [0.1, 0.15) is 50.7 Å².